The third-order valence-electron chi connectivity index (χ3n) is 4.40. The van der Waals surface area contributed by atoms with Crippen LogP contribution < -0.4 is 0 Å². The van der Waals surface area contributed by atoms with Crippen LogP contribution in [-0.4, -0.2) is 26.6 Å². The van der Waals surface area contributed by atoms with Gasteiger partial charge in [-0.25, -0.2) is 4.98 Å². The summed E-state index contributed by atoms with van der Waals surface area (Å²) in [4.78, 5) is 6.25. The van der Waals surface area contributed by atoms with Crippen LogP contribution in [-0.2, 0) is 24.6 Å². The summed E-state index contributed by atoms with van der Waals surface area (Å²) in [5, 5.41) is 5.98. The third-order valence-corrected chi connectivity index (χ3v) is 4.40. The van der Waals surface area contributed by atoms with E-state index in [4.69, 9.17) is 4.42 Å². The summed E-state index contributed by atoms with van der Waals surface area (Å²) < 4.78 is 45.0. The number of halogens is 3. The van der Waals surface area contributed by atoms with E-state index in [-0.39, 0.29) is 23.6 Å². The zero-order valence-electron chi connectivity index (χ0n) is 14.2. The van der Waals surface area contributed by atoms with E-state index in [9.17, 15) is 13.2 Å². The fourth-order valence-electron chi connectivity index (χ4n) is 2.86. The Labute approximate surface area is 138 Å². The minimum absolute atomic E-state index is 0.159. The summed E-state index contributed by atoms with van der Waals surface area (Å²) in [6.45, 7) is 8.77. The van der Waals surface area contributed by atoms with Gasteiger partial charge >= 0.3 is 6.18 Å². The highest BCUT2D eigenvalue weighted by Gasteiger charge is 2.40. The second-order valence-corrected chi connectivity index (χ2v) is 7.24. The predicted molar refractivity (Wildman–Crippen MR) is 81.3 cm³/mol. The number of alkyl halides is 3. The number of oxazole rings is 1. The average molecular weight is 342 g/mol. The number of rotatable bonds is 2. The predicted octanol–water partition coefficient (Wildman–Crippen LogP) is 3.83. The monoisotopic (exact) mass is 342 g/mol. The zero-order chi connectivity index (χ0) is 17.7. The molecule has 132 valence electrons. The van der Waals surface area contributed by atoms with Crippen molar-refractivity contribution in [2.45, 2.75) is 58.3 Å². The molecule has 3 rings (SSSR count). The lowest BCUT2D eigenvalue weighted by Gasteiger charge is -2.31. The lowest BCUT2D eigenvalue weighted by Crippen LogP contribution is -2.33. The van der Waals surface area contributed by atoms with Crippen molar-refractivity contribution in [3.05, 3.63) is 34.8 Å². The first-order valence-electron chi connectivity index (χ1n) is 7.91. The number of aromatic nitrogens is 3. The SMILES string of the molecule is C[C@@H](c1ncc(C(C)(C)C)o1)N1CCc2[nH]nc(C(F)(F)F)c2C1. The molecule has 1 aliphatic heterocycles. The van der Waals surface area contributed by atoms with Crippen molar-refractivity contribution in [1.82, 2.24) is 20.1 Å². The van der Waals surface area contributed by atoms with Crippen LogP contribution in [0.2, 0.25) is 0 Å². The van der Waals surface area contributed by atoms with Gasteiger partial charge in [-0.15, -0.1) is 0 Å². The number of hydrogen-bond acceptors (Lipinski definition) is 4. The molecule has 1 atom stereocenters. The minimum atomic E-state index is -4.45. The van der Waals surface area contributed by atoms with Crippen molar-refractivity contribution in [2.75, 3.05) is 6.54 Å². The number of nitrogens with one attached hydrogen (secondary N) is 1. The summed E-state index contributed by atoms with van der Waals surface area (Å²) in [7, 11) is 0. The van der Waals surface area contributed by atoms with Crippen molar-refractivity contribution in [2.24, 2.45) is 0 Å². The van der Waals surface area contributed by atoms with Gasteiger partial charge in [0.1, 0.15) is 5.76 Å². The first-order valence-corrected chi connectivity index (χ1v) is 7.91. The number of nitrogens with zero attached hydrogens (tertiary/aromatic N) is 3. The largest absolute Gasteiger partial charge is 0.443 e. The highest BCUT2D eigenvalue weighted by Crippen LogP contribution is 2.36. The van der Waals surface area contributed by atoms with Gasteiger partial charge in [0, 0.05) is 36.2 Å². The highest BCUT2D eigenvalue weighted by atomic mass is 19.4. The molecular weight excluding hydrogens is 321 g/mol. The molecule has 2 aromatic heterocycles. The van der Waals surface area contributed by atoms with E-state index >= 15 is 0 Å². The second kappa shape index (κ2) is 5.61. The number of aromatic amines is 1. The topological polar surface area (TPSA) is 58.0 Å². The Balaban J connectivity index is 1.82. The van der Waals surface area contributed by atoms with Crippen LogP contribution in [0.3, 0.4) is 0 Å². The van der Waals surface area contributed by atoms with Gasteiger partial charge < -0.3 is 4.42 Å². The molecule has 0 bridgehead atoms. The van der Waals surface area contributed by atoms with Crippen molar-refractivity contribution < 1.29 is 17.6 Å². The van der Waals surface area contributed by atoms with Crippen molar-refractivity contribution >= 4 is 0 Å². The fraction of sp³-hybridized carbons (Fsp3) is 0.625. The molecule has 0 unspecified atom stereocenters. The first kappa shape index (κ1) is 17.0. The van der Waals surface area contributed by atoms with E-state index in [1.165, 1.54) is 0 Å². The molecule has 1 aliphatic rings. The molecule has 0 aliphatic carbocycles. The Morgan fingerprint density at radius 2 is 2.00 bits per heavy atom. The standard InChI is InChI=1S/C16H21F3N4O/c1-9(14-20-7-12(24-14)15(2,3)4)23-6-5-11-10(8-23)13(22-21-11)16(17,18)19/h7,9H,5-6,8H2,1-4H3,(H,21,22)/t9-/m0/s1. The van der Waals surface area contributed by atoms with Crippen LogP contribution in [0.5, 0.6) is 0 Å². The molecule has 0 aromatic carbocycles. The summed E-state index contributed by atoms with van der Waals surface area (Å²) in [6, 6.07) is -0.203. The van der Waals surface area contributed by atoms with Crippen LogP contribution in [0.1, 0.15) is 62.3 Å². The van der Waals surface area contributed by atoms with E-state index in [0.29, 0.717) is 24.6 Å². The highest BCUT2D eigenvalue weighted by molar-refractivity contribution is 5.29. The van der Waals surface area contributed by atoms with Crippen molar-refractivity contribution in [3.63, 3.8) is 0 Å². The maximum Gasteiger partial charge on any atom is 0.435 e. The third kappa shape index (κ3) is 3.07. The van der Waals surface area contributed by atoms with E-state index in [1.54, 1.807) is 6.20 Å². The van der Waals surface area contributed by atoms with Gasteiger partial charge in [-0.05, 0) is 6.92 Å². The summed E-state index contributed by atoms with van der Waals surface area (Å²) >= 11 is 0. The average Bonchev–Trinajstić information content (AvgIpc) is 3.11. The molecule has 5 nitrogen and oxygen atoms in total. The Bertz CT molecular complexity index is 726. The van der Waals surface area contributed by atoms with Crippen LogP contribution in [0.15, 0.2) is 10.6 Å². The summed E-state index contributed by atoms with van der Waals surface area (Å²) in [6.07, 6.45) is -2.26. The summed E-state index contributed by atoms with van der Waals surface area (Å²) in [5.41, 5.74) is -0.192. The van der Waals surface area contributed by atoms with E-state index in [1.807, 2.05) is 32.6 Å². The van der Waals surface area contributed by atoms with Gasteiger partial charge in [0.2, 0.25) is 5.89 Å². The van der Waals surface area contributed by atoms with Crippen molar-refractivity contribution in [3.8, 4) is 0 Å². The van der Waals surface area contributed by atoms with Crippen LogP contribution in [0.4, 0.5) is 13.2 Å². The van der Waals surface area contributed by atoms with E-state index in [0.717, 1.165) is 5.76 Å². The molecule has 2 aromatic rings. The van der Waals surface area contributed by atoms with Crippen LogP contribution in [0.25, 0.3) is 0 Å². The Hall–Kier alpha value is -1.83. The Kier molecular flexibility index (Phi) is 3.98. The van der Waals surface area contributed by atoms with E-state index in [2.05, 4.69) is 15.2 Å². The van der Waals surface area contributed by atoms with E-state index < -0.39 is 11.9 Å². The van der Waals surface area contributed by atoms with Gasteiger partial charge in [-0.1, -0.05) is 20.8 Å². The van der Waals surface area contributed by atoms with Crippen LogP contribution in [0, 0.1) is 0 Å². The number of fused-ring (bicyclic) bond motifs is 1. The molecule has 0 radical (unpaired) electrons. The molecule has 8 heteroatoms. The Morgan fingerprint density at radius 3 is 2.58 bits per heavy atom. The fourth-order valence-corrected chi connectivity index (χ4v) is 2.86. The smallest absolute Gasteiger partial charge is 0.435 e. The normalized spacial score (nSPS) is 17.8. The molecule has 1 N–H and O–H groups in total. The van der Waals surface area contributed by atoms with Gasteiger partial charge in [0.15, 0.2) is 5.69 Å². The summed E-state index contributed by atoms with van der Waals surface area (Å²) in [5.74, 6) is 1.29. The maximum absolute atomic E-state index is 13.1. The van der Waals surface area contributed by atoms with Gasteiger partial charge in [0.25, 0.3) is 0 Å². The second-order valence-electron chi connectivity index (χ2n) is 7.24. The molecule has 3 heterocycles. The lowest BCUT2D eigenvalue weighted by atomic mass is 9.94. The molecule has 24 heavy (non-hydrogen) atoms. The minimum Gasteiger partial charge on any atom is -0.443 e. The van der Waals surface area contributed by atoms with Gasteiger partial charge in [-0.3, -0.25) is 10.00 Å². The van der Waals surface area contributed by atoms with Gasteiger partial charge in [0.05, 0.1) is 12.2 Å². The molecule has 0 fully saturated rings. The quantitative estimate of drug-likeness (QED) is 0.901. The number of H-pyrrole nitrogens is 1. The van der Waals surface area contributed by atoms with Gasteiger partial charge in [-0.2, -0.15) is 18.3 Å². The molecule has 0 saturated heterocycles. The first-order chi connectivity index (χ1) is 11.1. The molecule has 0 amide bonds. The Morgan fingerprint density at radius 1 is 1.29 bits per heavy atom. The van der Waals surface area contributed by atoms with Crippen molar-refractivity contribution in [1.29, 1.82) is 0 Å². The maximum atomic E-state index is 13.1. The molecular formula is C16H21F3N4O. The lowest BCUT2D eigenvalue weighted by molar-refractivity contribution is -0.142. The molecule has 0 spiro atoms. The molecule has 0 saturated carbocycles. The zero-order valence-corrected chi connectivity index (χ0v) is 14.2. The number of hydrogen-bond donors (Lipinski definition) is 1. The van der Waals surface area contributed by atoms with Crippen LogP contribution >= 0.6 is 0 Å².